The van der Waals surface area contributed by atoms with Gasteiger partial charge < -0.3 is 9.55 Å². The SMILES string of the molecule is CC(C)c1nn(-c2c(Cl)cc(Cl)cc2Cl)c2nc(Cc3ccc(CN4CCN(C(C)C)CC4)n3C)[nH]c(=O)c12.Cl.Cl. The van der Waals surface area contributed by atoms with E-state index in [1.54, 1.807) is 16.8 Å². The van der Waals surface area contributed by atoms with Crippen molar-refractivity contribution in [2.24, 2.45) is 7.05 Å². The molecule has 1 saturated heterocycles. The van der Waals surface area contributed by atoms with Crippen LogP contribution in [0.25, 0.3) is 16.7 Å². The van der Waals surface area contributed by atoms with E-state index >= 15 is 0 Å². The summed E-state index contributed by atoms with van der Waals surface area (Å²) in [4.78, 5) is 26.2. The zero-order valence-corrected chi connectivity index (χ0v) is 27.6. The average molecular weight is 664 g/mol. The van der Waals surface area contributed by atoms with E-state index in [-0.39, 0.29) is 36.3 Å². The number of benzene rings is 1. The number of H-pyrrole nitrogens is 1. The Morgan fingerprint density at radius 2 is 1.56 bits per heavy atom. The number of aromatic nitrogens is 5. The Kier molecular flexibility index (Phi) is 11.2. The summed E-state index contributed by atoms with van der Waals surface area (Å²) in [6.45, 7) is 13.7. The predicted molar refractivity (Wildman–Crippen MR) is 173 cm³/mol. The third-order valence-electron chi connectivity index (χ3n) is 7.56. The molecule has 4 heterocycles. The Labute approximate surface area is 267 Å². The Balaban J connectivity index is 0.00000231. The monoisotopic (exact) mass is 661 g/mol. The molecule has 8 nitrogen and oxygen atoms in total. The summed E-state index contributed by atoms with van der Waals surface area (Å²) in [6.07, 6.45) is 0.465. The second kappa shape index (κ2) is 13.7. The van der Waals surface area contributed by atoms with Gasteiger partial charge in [0.05, 0.1) is 15.7 Å². The van der Waals surface area contributed by atoms with Gasteiger partial charge in [-0.25, -0.2) is 9.67 Å². The van der Waals surface area contributed by atoms with E-state index < -0.39 is 0 Å². The summed E-state index contributed by atoms with van der Waals surface area (Å²) in [5.74, 6) is 0.536. The first-order valence-corrected chi connectivity index (χ1v) is 14.4. The molecule has 1 fully saturated rings. The molecular formula is C28H36Cl5N7O. The van der Waals surface area contributed by atoms with Gasteiger partial charge in [0.2, 0.25) is 0 Å². The van der Waals surface area contributed by atoms with E-state index in [1.165, 1.54) is 5.69 Å². The largest absolute Gasteiger partial charge is 0.350 e. The third kappa shape index (κ3) is 6.90. The van der Waals surface area contributed by atoms with Crippen LogP contribution in [0.3, 0.4) is 0 Å². The lowest BCUT2D eigenvalue weighted by Crippen LogP contribution is -2.48. The average Bonchev–Trinajstić information content (AvgIpc) is 3.40. The van der Waals surface area contributed by atoms with Crippen LogP contribution in [0.2, 0.25) is 15.1 Å². The molecule has 0 bridgehead atoms. The molecule has 0 unspecified atom stereocenters. The summed E-state index contributed by atoms with van der Waals surface area (Å²) < 4.78 is 3.76. The number of nitrogens with zero attached hydrogens (tertiary/aromatic N) is 6. The molecule has 0 spiro atoms. The van der Waals surface area contributed by atoms with Crippen molar-refractivity contribution in [2.75, 3.05) is 26.2 Å². The Morgan fingerprint density at radius 1 is 0.951 bits per heavy atom. The lowest BCUT2D eigenvalue weighted by molar-refractivity contribution is 0.102. The first-order chi connectivity index (χ1) is 18.5. The van der Waals surface area contributed by atoms with Crippen molar-refractivity contribution in [1.82, 2.24) is 34.1 Å². The molecule has 0 radical (unpaired) electrons. The van der Waals surface area contributed by atoms with E-state index in [1.807, 2.05) is 13.8 Å². The first-order valence-electron chi connectivity index (χ1n) is 13.3. The van der Waals surface area contributed by atoms with Crippen LogP contribution in [0.5, 0.6) is 0 Å². The van der Waals surface area contributed by atoms with Gasteiger partial charge in [0.15, 0.2) is 5.65 Å². The van der Waals surface area contributed by atoms with Crippen molar-refractivity contribution < 1.29 is 0 Å². The van der Waals surface area contributed by atoms with Gasteiger partial charge in [-0.2, -0.15) is 5.10 Å². The number of aromatic amines is 1. The van der Waals surface area contributed by atoms with Gasteiger partial charge in [-0.1, -0.05) is 48.7 Å². The number of nitrogens with one attached hydrogen (secondary N) is 1. The maximum Gasteiger partial charge on any atom is 0.262 e. The highest BCUT2D eigenvalue weighted by atomic mass is 35.5. The summed E-state index contributed by atoms with van der Waals surface area (Å²) >= 11 is 19.2. The van der Waals surface area contributed by atoms with E-state index in [0.717, 1.165) is 38.4 Å². The van der Waals surface area contributed by atoms with Gasteiger partial charge in [0, 0.05) is 68.6 Å². The molecule has 5 rings (SSSR count). The highest BCUT2D eigenvalue weighted by molar-refractivity contribution is 6.40. The van der Waals surface area contributed by atoms with Gasteiger partial charge in [0.1, 0.15) is 16.9 Å². The first kappa shape index (κ1) is 33.7. The minimum absolute atomic E-state index is 0. The molecule has 0 atom stereocenters. The molecule has 0 amide bonds. The van der Waals surface area contributed by atoms with Gasteiger partial charge in [-0.05, 0) is 44.0 Å². The number of hydrogen-bond acceptors (Lipinski definition) is 5. The number of piperazine rings is 1. The minimum Gasteiger partial charge on any atom is -0.350 e. The topological polar surface area (TPSA) is 75.0 Å². The van der Waals surface area contributed by atoms with Crippen LogP contribution in [0, 0.1) is 0 Å². The van der Waals surface area contributed by atoms with Gasteiger partial charge in [0.25, 0.3) is 5.56 Å². The molecule has 4 aromatic rings. The molecule has 1 aliphatic heterocycles. The van der Waals surface area contributed by atoms with Crippen LogP contribution < -0.4 is 5.56 Å². The highest BCUT2D eigenvalue weighted by Gasteiger charge is 2.24. The number of fused-ring (bicyclic) bond motifs is 1. The van der Waals surface area contributed by atoms with Gasteiger partial charge in [-0.3, -0.25) is 14.6 Å². The maximum absolute atomic E-state index is 13.4. The van der Waals surface area contributed by atoms with Crippen LogP contribution in [0.1, 0.15) is 56.5 Å². The van der Waals surface area contributed by atoms with Gasteiger partial charge in [-0.15, -0.1) is 24.8 Å². The normalized spacial score (nSPS) is 14.6. The van der Waals surface area contributed by atoms with Crippen LogP contribution in [-0.2, 0) is 20.0 Å². The summed E-state index contributed by atoms with van der Waals surface area (Å²) in [7, 11) is 2.07. The molecule has 0 aliphatic carbocycles. The summed E-state index contributed by atoms with van der Waals surface area (Å²) in [5.41, 5.74) is 3.56. The zero-order chi connectivity index (χ0) is 28.0. The van der Waals surface area contributed by atoms with E-state index in [9.17, 15) is 4.79 Å². The fourth-order valence-corrected chi connectivity index (χ4v) is 6.23. The van der Waals surface area contributed by atoms with Crippen molar-refractivity contribution in [3.8, 4) is 5.69 Å². The molecule has 224 valence electrons. The smallest absolute Gasteiger partial charge is 0.262 e. The van der Waals surface area contributed by atoms with Crippen LogP contribution in [0.15, 0.2) is 29.1 Å². The van der Waals surface area contributed by atoms with Crippen molar-refractivity contribution in [3.63, 3.8) is 0 Å². The summed E-state index contributed by atoms with van der Waals surface area (Å²) in [5, 5.41) is 6.24. The second-order valence-electron chi connectivity index (χ2n) is 10.8. The molecule has 1 N–H and O–H groups in total. The fourth-order valence-electron chi connectivity index (χ4n) is 5.25. The van der Waals surface area contributed by atoms with Crippen LogP contribution in [0.4, 0.5) is 0 Å². The van der Waals surface area contributed by atoms with Crippen molar-refractivity contribution >= 4 is 70.7 Å². The lowest BCUT2D eigenvalue weighted by Gasteiger charge is -2.36. The molecule has 1 aliphatic rings. The molecule has 0 saturated carbocycles. The minimum atomic E-state index is -0.233. The predicted octanol–water partition coefficient (Wildman–Crippen LogP) is 6.49. The maximum atomic E-state index is 13.4. The van der Waals surface area contributed by atoms with E-state index in [4.69, 9.17) is 44.9 Å². The van der Waals surface area contributed by atoms with E-state index in [0.29, 0.717) is 55.8 Å². The molecule has 41 heavy (non-hydrogen) atoms. The van der Waals surface area contributed by atoms with Gasteiger partial charge >= 0.3 is 0 Å². The van der Waals surface area contributed by atoms with Crippen LogP contribution in [-0.4, -0.2) is 66.3 Å². The molecule has 3 aromatic heterocycles. The third-order valence-corrected chi connectivity index (χ3v) is 8.35. The molecule has 13 heteroatoms. The van der Waals surface area contributed by atoms with Crippen LogP contribution >= 0.6 is 59.6 Å². The number of rotatable bonds is 7. The molecule has 1 aromatic carbocycles. The molecular weight excluding hydrogens is 628 g/mol. The Morgan fingerprint density at radius 3 is 2.15 bits per heavy atom. The van der Waals surface area contributed by atoms with Crippen molar-refractivity contribution in [1.29, 1.82) is 0 Å². The van der Waals surface area contributed by atoms with Crippen molar-refractivity contribution in [3.05, 3.63) is 72.6 Å². The highest BCUT2D eigenvalue weighted by Crippen LogP contribution is 2.34. The fraction of sp³-hybridized carbons (Fsp3) is 0.464. The Bertz CT molecular complexity index is 1550. The summed E-state index contributed by atoms with van der Waals surface area (Å²) in [6, 6.07) is 8.06. The lowest BCUT2D eigenvalue weighted by atomic mass is 10.1. The number of halogens is 5. The van der Waals surface area contributed by atoms with E-state index in [2.05, 4.69) is 52.4 Å². The quantitative estimate of drug-likeness (QED) is 0.245. The van der Waals surface area contributed by atoms with Crippen molar-refractivity contribution in [2.45, 2.75) is 52.6 Å². The zero-order valence-electron chi connectivity index (χ0n) is 23.7. The standard InChI is InChI=1S/C28H34Cl3N7O.2ClH/c1-16(2)25-24-27(38(34-25)26-21(30)12-18(29)13-22(26)31)32-23(33-28(24)39)14-19-6-7-20(35(19)5)15-36-8-10-37(11-9-36)17(3)4;;/h6-7,12-13,16-17H,8-11,14-15H2,1-5H3,(H,32,33,39);2*1H. The number of hydrogen-bond donors (Lipinski definition) is 1. The Hall–Kier alpha value is -1.78. The second-order valence-corrected chi connectivity index (χ2v) is 12.1.